The minimum Gasteiger partial charge on any atom is -0.455 e. The van der Waals surface area contributed by atoms with Gasteiger partial charge >= 0.3 is 30.0 Å². The average Bonchev–Trinajstić information content (AvgIpc) is 3.33. The van der Waals surface area contributed by atoms with Crippen LogP contribution in [-0.4, -0.2) is 175 Å². The van der Waals surface area contributed by atoms with E-state index in [2.05, 4.69) is 5.32 Å². The van der Waals surface area contributed by atoms with Crippen molar-refractivity contribution in [1.29, 1.82) is 0 Å². The van der Waals surface area contributed by atoms with Gasteiger partial charge in [-0.3, -0.25) is 9.59 Å². The number of carbonyl (C=O) groups excluding carboxylic acids is 6. The second-order valence-electron chi connectivity index (χ2n) is 20.8. The van der Waals surface area contributed by atoms with E-state index in [1.807, 2.05) is 0 Å². The van der Waals surface area contributed by atoms with Gasteiger partial charge in [0, 0.05) is 19.8 Å². The monoisotopic (exact) mass is 1010 g/mol. The molecule has 8 N–H and O–H groups in total. The fourth-order valence-electron chi connectivity index (χ4n) is 12.0. The molecule has 3 saturated carbocycles. The molecule has 1 amide bonds. The van der Waals surface area contributed by atoms with Crippen molar-refractivity contribution < 1.29 is 102 Å². The van der Waals surface area contributed by atoms with Crippen molar-refractivity contribution >= 4 is 35.8 Å². The molecule has 2 heterocycles. The number of nitrogens with one attached hydrogen (secondary N) is 1. The molecule has 2 aromatic carbocycles. The van der Waals surface area contributed by atoms with Crippen LogP contribution in [0.25, 0.3) is 0 Å². The largest absolute Gasteiger partial charge is 0.455 e. The molecule has 0 aromatic heterocycles. The Hall–Kier alpha value is -5.40. The zero-order chi connectivity index (χ0) is 52.7. The number of ketones is 1. The highest BCUT2D eigenvalue weighted by Gasteiger charge is 2.90. The number of rotatable bonds is 13. The van der Waals surface area contributed by atoms with Crippen LogP contribution in [0.3, 0.4) is 0 Å². The maximum atomic E-state index is 15.8. The van der Waals surface area contributed by atoms with Crippen molar-refractivity contribution in [3.05, 3.63) is 82.9 Å². The number of benzene rings is 2. The molecule has 72 heavy (non-hydrogen) atoms. The molecular weight excluding hydrogens is 951 g/mol. The van der Waals surface area contributed by atoms with Gasteiger partial charge in [-0.1, -0.05) is 48.5 Å². The van der Waals surface area contributed by atoms with Crippen LogP contribution in [0, 0.1) is 16.7 Å². The normalized spacial score (nSPS) is 38.4. The van der Waals surface area contributed by atoms with Gasteiger partial charge < -0.3 is 79.0 Å². The SMILES string of the molecule is CC(=O)O[C@@]12CO[C@@H]1C[C@H](O)[C@@]1(C)C(=O)[C@H](OC(=O)COC3O[C@H](CO)C(O)[C@@H](O)C3O)C3=C(C)[C@]4(OC(=O)[C@H](O)[C@@H](NC(=O)OC(C)(C)C)c5ccccc5)C[C@@](O)([C@@H](OC(=O)c5ccccc5)C12)[C@@]34C. The molecule has 8 rings (SSSR count). The van der Waals surface area contributed by atoms with Gasteiger partial charge in [0.05, 0.1) is 47.7 Å². The molecule has 22 nitrogen and oxygen atoms in total. The van der Waals surface area contributed by atoms with E-state index >= 15 is 4.79 Å². The van der Waals surface area contributed by atoms with Crippen molar-refractivity contribution in [2.24, 2.45) is 16.7 Å². The lowest BCUT2D eigenvalue weighted by atomic mass is 9.30. The molecule has 2 aromatic rings. The number of carbonyl (C=O) groups is 6. The van der Waals surface area contributed by atoms with E-state index in [-0.39, 0.29) is 28.7 Å². The highest BCUT2D eigenvalue weighted by molar-refractivity contribution is 5.97. The van der Waals surface area contributed by atoms with Crippen LogP contribution in [0.2, 0.25) is 0 Å². The van der Waals surface area contributed by atoms with Crippen LogP contribution < -0.4 is 5.32 Å². The summed E-state index contributed by atoms with van der Waals surface area (Å²) >= 11 is 0. The minimum atomic E-state index is -2.49. The molecule has 0 bridgehead atoms. The van der Waals surface area contributed by atoms with E-state index in [1.54, 1.807) is 57.2 Å². The van der Waals surface area contributed by atoms with Crippen LogP contribution in [0.15, 0.2) is 71.8 Å². The van der Waals surface area contributed by atoms with Crippen molar-refractivity contribution in [1.82, 2.24) is 5.32 Å². The van der Waals surface area contributed by atoms with Crippen LogP contribution in [0.4, 0.5) is 4.79 Å². The van der Waals surface area contributed by atoms with Gasteiger partial charge in [0.25, 0.3) is 0 Å². The number of alkyl carbamates (subject to hydrolysis) is 1. The number of aliphatic hydroxyl groups is 7. The first-order valence-corrected chi connectivity index (χ1v) is 23.5. The second-order valence-corrected chi connectivity index (χ2v) is 20.8. The van der Waals surface area contributed by atoms with E-state index in [0.717, 1.165) is 6.92 Å². The first-order valence-electron chi connectivity index (χ1n) is 23.5. The summed E-state index contributed by atoms with van der Waals surface area (Å²) in [7, 11) is 0. The topological polar surface area (TPSA) is 330 Å². The molecule has 0 spiro atoms. The van der Waals surface area contributed by atoms with E-state index < -0.39 is 168 Å². The van der Waals surface area contributed by atoms with E-state index in [0.29, 0.717) is 0 Å². The summed E-state index contributed by atoms with van der Waals surface area (Å²) in [4.78, 5) is 85.1. The van der Waals surface area contributed by atoms with Crippen molar-refractivity contribution in [3.8, 4) is 0 Å². The van der Waals surface area contributed by atoms with E-state index in [1.165, 1.54) is 45.0 Å². The summed E-state index contributed by atoms with van der Waals surface area (Å²) < 4.78 is 46.8. The number of amides is 1. The fourth-order valence-corrected chi connectivity index (χ4v) is 12.0. The Morgan fingerprint density at radius 2 is 1.54 bits per heavy atom. The third-order valence-electron chi connectivity index (χ3n) is 15.6. The quantitative estimate of drug-likeness (QED) is 0.0743. The third-order valence-corrected chi connectivity index (χ3v) is 15.6. The van der Waals surface area contributed by atoms with Crippen molar-refractivity contribution in [2.45, 2.75) is 151 Å². The number of fused-ring (bicyclic) bond motifs is 3. The van der Waals surface area contributed by atoms with Crippen LogP contribution in [-0.2, 0) is 57.1 Å². The first kappa shape index (κ1) is 52.9. The molecule has 4 unspecified atom stereocenters. The number of hydrogen-bond acceptors (Lipinski definition) is 21. The third kappa shape index (κ3) is 8.19. The van der Waals surface area contributed by atoms with Gasteiger partial charge in [-0.25, -0.2) is 19.2 Å². The number of hydrogen-bond donors (Lipinski definition) is 8. The van der Waals surface area contributed by atoms with Gasteiger partial charge in [-0.05, 0) is 70.4 Å². The summed E-state index contributed by atoms with van der Waals surface area (Å²) in [5.74, 6) is -7.28. The lowest BCUT2D eigenvalue weighted by Gasteiger charge is -2.78. The summed E-state index contributed by atoms with van der Waals surface area (Å²) in [5, 5.41) is 81.3. The molecule has 2 saturated heterocycles. The zero-order valence-corrected chi connectivity index (χ0v) is 40.6. The van der Waals surface area contributed by atoms with Gasteiger partial charge in [0.15, 0.2) is 29.9 Å². The molecule has 2 aliphatic heterocycles. The summed E-state index contributed by atoms with van der Waals surface area (Å²) in [6.07, 6.45) is -19.8. The van der Waals surface area contributed by atoms with Gasteiger partial charge in [0.2, 0.25) is 0 Å². The Bertz CT molecular complexity index is 2500. The Labute approximate surface area is 413 Å². The number of ether oxygens (including phenoxy) is 8. The molecule has 392 valence electrons. The molecule has 0 radical (unpaired) electrons. The van der Waals surface area contributed by atoms with Crippen molar-refractivity contribution in [3.63, 3.8) is 0 Å². The van der Waals surface area contributed by atoms with Crippen LogP contribution >= 0.6 is 0 Å². The molecule has 6 aliphatic rings. The Kier molecular flexibility index (Phi) is 13.8. The number of esters is 4. The van der Waals surface area contributed by atoms with Crippen LogP contribution in [0.1, 0.15) is 83.3 Å². The van der Waals surface area contributed by atoms with E-state index in [4.69, 9.17) is 37.9 Å². The summed E-state index contributed by atoms with van der Waals surface area (Å²) in [5.41, 5.74) is -11.6. The maximum Gasteiger partial charge on any atom is 0.408 e. The number of Topliss-reactive ketones (excluding diaryl/α,β-unsaturated/α-hetero) is 1. The van der Waals surface area contributed by atoms with Gasteiger partial charge in [-0.2, -0.15) is 0 Å². The lowest BCUT2D eigenvalue weighted by Crippen LogP contribution is -2.90. The fraction of sp³-hybridized carbons (Fsp3) is 0.600. The first-order chi connectivity index (χ1) is 33.7. The van der Waals surface area contributed by atoms with Gasteiger partial charge in [-0.15, -0.1) is 0 Å². The average molecular weight is 1010 g/mol. The summed E-state index contributed by atoms with van der Waals surface area (Å²) in [6.45, 7) is 7.66. The number of aliphatic hydroxyl groups excluding tert-OH is 6. The predicted octanol–water partition coefficient (Wildman–Crippen LogP) is -0.00910. The predicted molar refractivity (Wildman–Crippen MR) is 240 cm³/mol. The molecule has 4 aliphatic carbocycles. The minimum absolute atomic E-state index is 0.00279. The Morgan fingerprint density at radius 3 is 2.12 bits per heavy atom. The van der Waals surface area contributed by atoms with Crippen LogP contribution in [0.5, 0.6) is 0 Å². The Morgan fingerprint density at radius 1 is 0.903 bits per heavy atom. The second kappa shape index (κ2) is 18.8. The zero-order valence-electron chi connectivity index (χ0n) is 40.6. The highest BCUT2D eigenvalue weighted by Crippen LogP contribution is 2.78. The van der Waals surface area contributed by atoms with Gasteiger partial charge in [0.1, 0.15) is 60.0 Å². The molecule has 22 heteroatoms. The van der Waals surface area contributed by atoms with E-state index in [9.17, 15) is 59.7 Å². The standard InChI is InChI=1S/C50H61NO21/c1-23-31-37(68-30(55)20-65-43-36(59)35(58)33(56)27(19-52)67-43)39(60)46(6)28(54)18-29-48(22-66-29,70-24(2)53)38(46)40(69-41(61)26-16-12-9-13-17-26)49(64)21-50(23,47(31,49)7)71-42(62)34(57)32(25-14-10-8-11-15-25)51-44(63)72-45(3,4)5/h8-17,27-29,32-38,40,43,52,54,56-59,64H,18-22H2,1-7H3,(H,51,63)/t27-,28+,29-,32+,33?,34-,35-,36?,37-,38?,40+,43?,46-,47-,48+,49-,50-/m1/s1. The smallest absolute Gasteiger partial charge is 0.408 e. The molecular formula is C50H61NO21. The molecule has 5 fully saturated rings. The van der Waals surface area contributed by atoms with Crippen molar-refractivity contribution in [2.75, 3.05) is 19.8 Å². The summed E-state index contributed by atoms with van der Waals surface area (Å²) in [6, 6.07) is 14.0. The lowest BCUT2D eigenvalue weighted by molar-refractivity contribution is -0.376. The maximum absolute atomic E-state index is 15.8. The molecule has 17 atom stereocenters. The Balaban J connectivity index is 1.24. The highest BCUT2D eigenvalue weighted by atomic mass is 16.7.